The van der Waals surface area contributed by atoms with Gasteiger partial charge in [-0.25, -0.2) is 9.48 Å². The predicted molar refractivity (Wildman–Crippen MR) is 72.1 cm³/mol. The van der Waals surface area contributed by atoms with Crippen LogP contribution >= 0.6 is 11.6 Å². The normalized spacial score (nSPS) is 10.7. The van der Waals surface area contributed by atoms with Gasteiger partial charge < -0.3 is 5.11 Å². The minimum absolute atomic E-state index is 0.00113. The first-order chi connectivity index (χ1) is 9.06. The largest absolute Gasteiger partial charge is 0.476 e. The van der Waals surface area contributed by atoms with Crippen LogP contribution in [0.2, 0.25) is 5.02 Å². The van der Waals surface area contributed by atoms with Gasteiger partial charge in [-0.3, -0.25) is 0 Å². The molecule has 1 N–H and O–H groups in total. The third kappa shape index (κ3) is 2.46. The highest BCUT2D eigenvalue weighted by Crippen LogP contribution is 2.23. The van der Waals surface area contributed by atoms with Gasteiger partial charge in [-0.05, 0) is 31.0 Å². The topological polar surface area (TPSA) is 68.0 Å². The quantitative estimate of drug-likeness (QED) is 0.934. The Balaban J connectivity index is 2.62. The molecule has 5 nitrogen and oxygen atoms in total. The van der Waals surface area contributed by atoms with E-state index < -0.39 is 5.97 Å². The number of benzene rings is 1. The monoisotopic (exact) mass is 279 g/mol. The minimum Gasteiger partial charge on any atom is -0.476 e. The molecule has 0 radical (unpaired) electrons. The molecule has 0 amide bonds. The molecular formula is C13H14ClN3O2. The molecule has 6 heteroatoms. The number of carbonyl (C=O) groups is 1. The van der Waals surface area contributed by atoms with E-state index in [1.807, 2.05) is 26.0 Å². The van der Waals surface area contributed by atoms with Gasteiger partial charge >= 0.3 is 5.97 Å². The maximum atomic E-state index is 11.2. The van der Waals surface area contributed by atoms with E-state index in [1.165, 1.54) is 0 Å². The van der Waals surface area contributed by atoms with E-state index in [0.717, 1.165) is 17.7 Å². The summed E-state index contributed by atoms with van der Waals surface area (Å²) >= 11 is 6.08. The van der Waals surface area contributed by atoms with Gasteiger partial charge in [-0.2, -0.15) is 0 Å². The van der Waals surface area contributed by atoms with E-state index in [0.29, 0.717) is 17.1 Å². The molecule has 0 atom stereocenters. The minimum atomic E-state index is -1.06. The van der Waals surface area contributed by atoms with Crippen LogP contribution < -0.4 is 0 Å². The zero-order valence-corrected chi connectivity index (χ0v) is 11.5. The van der Waals surface area contributed by atoms with Gasteiger partial charge in [-0.1, -0.05) is 36.2 Å². The van der Waals surface area contributed by atoms with Crippen LogP contribution in [0.5, 0.6) is 0 Å². The van der Waals surface area contributed by atoms with Gasteiger partial charge in [0.2, 0.25) is 0 Å². The van der Waals surface area contributed by atoms with Crippen LogP contribution in [0.3, 0.4) is 0 Å². The van der Waals surface area contributed by atoms with Crippen LogP contribution in [0, 0.1) is 6.92 Å². The number of carboxylic acids is 1. The van der Waals surface area contributed by atoms with Gasteiger partial charge in [-0.15, -0.1) is 5.10 Å². The lowest BCUT2D eigenvalue weighted by Gasteiger charge is -2.10. The third-order valence-electron chi connectivity index (χ3n) is 2.92. The summed E-state index contributed by atoms with van der Waals surface area (Å²) < 4.78 is 1.56. The van der Waals surface area contributed by atoms with Crippen molar-refractivity contribution in [2.24, 2.45) is 0 Å². The Morgan fingerprint density at radius 2 is 2.21 bits per heavy atom. The van der Waals surface area contributed by atoms with E-state index in [2.05, 4.69) is 10.3 Å². The van der Waals surface area contributed by atoms with Crippen LogP contribution in [0.15, 0.2) is 18.2 Å². The molecule has 0 spiro atoms. The Bertz CT molecular complexity index is 622. The molecule has 1 aromatic heterocycles. The highest BCUT2D eigenvalue weighted by atomic mass is 35.5. The lowest BCUT2D eigenvalue weighted by Crippen LogP contribution is -2.08. The number of halogens is 1. The van der Waals surface area contributed by atoms with Crippen LogP contribution in [0.4, 0.5) is 0 Å². The second-order valence-electron chi connectivity index (χ2n) is 4.24. The highest BCUT2D eigenvalue weighted by Gasteiger charge is 2.20. The molecule has 2 rings (SSSR count). The number of aromatic carboxylic acids is 1. The fraction of sp³-hybridized carbons (Fsp3) is 0.308. The summed E-state index contributed by atoms with van der Waals surface area (Å²) in [6.07, 6.45) is 1.41. The summed E-state index contributed by atoms with van der Waals surface area (Å²) in [6.45, 7) is 3.85. The molecule has 19 heavy (non-hydrogen) atoms. The van der Waals surface area contributed by atoms with E-state index in [4.69, 9.17) is 16.7 Å². The molecule has 2 aromatic rings. The lowest BCUT2D eigenvalue weighted by atomic mass is 10.1. The number of carboxylic acid groups (broad SMARTS) is 1. The van der Waals surface area contributed by atoms with Gasteiger partial charge in [0.25, 0.3) is 0 Å². The molecule has 0 fully saturated rings. The average Bonchev–Trinajstić information content (AvgIpc) is 2.77. The number of rotatable bonds is 4. The van der Waals surface area contributed by atoms with Crippen molar-refractivity contribution in [3.63, 3.8) is 0 Å². The van der Waals surface area contributed by atoms with Gasteiger partial charge in [0.1, 0.15) is 0 Å². The maximum Gasteiger partial charge on any atom is 0.358 e. The lowest BCUT2D eigenvalue weighted by molar-refractivity contribution is 0.0689. The fourth-order valence-corrected chi connectivity index (χ4v) is 2.12. The summed E-state index contributed by atoms with van der Waals surface area (Å²) in [6, 6.07) is 5.44. The average molecular weight is 280 g/mol. The van der Waals surface area contributed by atoms with E-state index in [1.54, 1.807) is 10.7 Å². The zero-order valence-electron chi connectivity index (χ0n) is 10.7. The van der Waals surface area contributed by atoms with Crippen molar-refractivity contribution < 1.29 is 9.90 Å². The molecule has 0 aliphatic carbocycles. The molecule has 0 bridgehead atoms. The number of nitrogens with zero attached hydrogens (tertiary/aromatic N) is 3. The highest BCUT2D eigenvalue weighted by molar-refractivity contribution is 6.31. The van der Waals surface area contributed by atoms with Crippen molar-refractivity contribution >= 4 is 17.6 Å². The maximum absolute atomic E-state index is 11.2. The molecule has 0 unspecified atom stereocenters. The van der Waals surface area contributed by atoms with Gasteiger partial charge in [0.15, 0.2) is 5.69 Å². The first-order valence-corrected chi connectivity index (χ1v) is 6.37. The van der Waals surface area contributed by atoms with E-state index >= 15 is 0 Å². The van der Waals surface area contributed by atoms with Crippen LogP contribution in [0.25, 0.3) is 5.69 Å². The Morgan fingerprint density at radius 1 is 1.47 bits per heavy atom. The first-order valence-electron chi connectivity index (χ1n) is 5.99. The van der Waals surface area contributed by atoms with Crippen molar-refractivity contribution in [3.8, 4) is 5.69 Å². The molecule has 0 saturated heterocycles. The van der Waals surface area contributed by atoms with Crippen molar-refractivity contribution in [2.45, 2.75) is 26.7 Å². The van der Waals surface area contributed by atoms with Crippen LogP contribution in [-0.4, -0.2) is 26.1 Å². The Labute approximate surface area is 115 Å². The van der Waals surface area contributed by atoms with Crippen molar-refractivity contribution in [1.29, 1.82) is 0 Å². The summed E-state index contributed by atoms with van der Waals surface area (Å²) in [5, 5.41) is 17.5. The Hall–Kier alpha value is -1.88. The summed E-state index contributed by atoms with van der Waals surface area (Å²) in [5.74, 6) is -1.06. The Kier molecular flexibility index (Phi) is 3.85. The van der Waals surface area contributed by atoms with Crippen LogP contribution in [-0.2, 0) is 6.42 Å². The zero-order chi connectivity index (χ0) is 14.0. The van der Waals surface area contributed by atoms with Gasteiger partial charge in [0, 0.05) is 5.02 Å². The summed E-state index contributed by atoms with van der Waals surface area (Å²) in [7, 11) is 0. The van der Waals surface area contributed by atoms with E-state index in [9.17, 15) is 4.79 Å². The number of hydrogen-bond acceptors (Lipinski definition) is 3. The molecule has 0 aliphatic rings. The first kappa shape index (κ1) is 13.5. The number of aromatic nitrogens is 3. The molecule has 1 aromatic carbocycles. The molecule has 0 saturated carbocycles. The van der Waals surface area contributed by atoms with Crippen molar-refractivity contribution in [2.75, 3.05) is 0 Å². The molecule has 1 heterocycles. The standard InChI is InChI=1S/C13H14ClN3O2/c1-3-5-11-12(13(18)19)15-16-17(11)10-7-4-6-9(14)8(10)2/h4,6-7H,3,5H2,1-2H3,(H,18,19). The molecular weight excluding hydrogens is 266 g/mol. The molecule has 0 aliphatic heterocycles. The second kappa shape index (κ2) is 5.40. The molecule has 100 valence electrons. The number of hydrogen-bond donors (Lipinski definition) is 1. The third-order valence-corrected chi connectivity index (χ3v) is 3.33. The van der Waals surface area contributed by atoms with Gasteiger partial charge in [0.05, 0.1) is 11.4 Å². The van der Waals surface area contributed by atoms with Crippen molar-refractivity contribution in [1.82, 2.24) is 15.0 Å². The Morgan fingerprint density at radius 3 is 2.84 bits per heavy atom. The fourth-order valence-electron chi connectivity index (χ4n) is 1.95. The summed E-state index contributed by atoms with van der Waals surface area (Å²) in [5.41, 5.74) is 2.21. The van der Waals surface area contributed by atoms with Crippen molar-refractivity contribution in [3.05, 3.63) is 40.2 Å². The second-order valence-corrected chi connectivity index (χ2v) is 4.64. The smallest absolute Gasteiger partial charge is 0.358 e. The summed E-state index contributed by atoms with van der Waals surface area (Å²) in [4.78, 5) is 11.2. The predicted octanol–water partition coefficient (Wildman–Crippen LogP) is 2.88. The SMILES string of the molecule is CCCc1c(C(=O)O)nnn1-c1cccc(Cl)c1C. The van der Waals surface area contributed by atoms with E-state index in [-0.39, 0.29) is 5.69 Å². The van der Waals surface area contributed by atoms with Crippen LogP contribution in [0.1, 0.15) is 35.1 Å².